The Hall–Kier alpha value is -2.91. The fourth-order valence-corrected chi connectivity index (χ4v) is 4.40. The number of amides is 1. The number of ether oxygens (including phenoxy) is 2. The second-order valence-electron chi connectivity index (χ2n) is 9.34. The van der Waals surface area contributed by atoms with Crippen LogP contribution in [0.2, 0.25) is 0 Å². The topological polar surface area (TPSA) is 124 Å². The minimum atomic E-state index is -0.611. The molecule has 1 fully saturated rings. The molecule has 2 aliphatic rings. The predicted octanol–water partition coefficient (Wildman–Crippen LogP) is 3.28. The van der Waals surface area contributed by atoms with Gasteiger partial charge in [-0.05, 0) is 46.0 Å². The van der Waals surface area contributed by atoms with Crippen molar-refractivity contribution in [3.8, 4) is 0 Å². The van der Waals surface area contributed by atoms with Gasteiger partial charge >= 0.3 is 17.7 Å². The molecule has 3 rings (SSSR count). The first kappa shape index (κ1) is 22.8. The quantitative estimate of drug-likeness (QED) is 0.435. The van der Waals surface area contributed by atoms with Gasteiger partial charge in [0.15, 0.2) is 0 Å². The molecular formula is C21H30N4O6. The Bertz CT molecular complexity index is 881. The van der Waals surface area contributed by atoms with E-state index in [0.29, 0.717) is 37.3 Å². The number of nitro groups is 1. The lowest BCUT2D eigenvalue weighted by Crippen LogP contribution is -2.51. The SMILES string of the molecule is CC(=O)OC1CCc2c1ncc([N+](=O)[O-])c2N1C[C@H](C)C[C@H](NC(=O)OC(C)(C)C)C1. The molecule has 0 saturated carbocycles. The minimum absolute atomic E-state index is 0.0765. The molecule has 1 amide bonds. The zero-order chi connectivity index (χ0) is 22.9. The number of nitrogens with zero attached hydrogens (tertiary/aromatic N) is 3. The molecule has 0 bridgehead atoms. The van der Waals surface area contributed by atoms with Crippen LogP contribution in [0.1, 0.15) is 64.8 Å². The van der Waals surface area contributed by atoms with E-state index in [4.69, 9.17) is 9.47 Å². The molecule has 1 aliphatic carbocycles. The second kappa shape index (κ2) is 8.68. The van der Waals surface area contributed by atoms with Gasteiger partial charge in [-0.3, -0.25) is 14.9 Å². The molecule has 10 nitrogen and oxygen atoms in total. The number of piperidine rings is 1. The Labute approximate surface area is 181 Å². The molecule has 1 saturated heterocycles. The Kier molecular flexibility index (Phi) is 6.38. The Balaban J connectivity index is 1.90. The number of hydrogen-bond acceptors (Lipinski definition) is 8. The van der Waals surface area contributed by atoms with Crippen LogP contribution in [0.3, 0.4) is 0 Å². The van der Waals surface area contributed by atoms with Gasteiger partial charge in [-0.25, -0.2) is 9.78 Å². The third-order valence-corrected chi connectivity index (χ3v) is 5.33. The largest absolute Gasteiger partial charge is 0.456 e. The minimum Gasteiger partial charge on any atom is -0.456 e. The van der Waals surface area contributed by atoms with Crippen LogP contribution < -0.4 is 10.2 Å². The lowest BCUT2D eigenvalue weighted by atomic mass is 9.94. The molecule has 0 radical (unpaired) electrons. The van der Waals surface area contributed by atoms with Gasteiger partial charge in [0, 0.05) is 31.6 Å². The van der Waals surface area contributed by atoms with Crippen LogP contribution in [0.25, 0.3) is 0 Å². The summed E-state index contributed by atoms with van der Waals surface area (Å²) in [6, 6.07) is -0.215. The number of nitrogens with one attached hydrogen (secondary N) is 1. The van der Waals surface area contributed by atoms with E-state index >= 15 is 0 Å². The fourth-order valence-electron chi connectivity index (χ4n) is 4.40. The Morgan fingerprint density at radius 2 is 2.03 bits per heavy atom. The summed E-state index contributed by atoms with van der Waals surface area (Å²) < 4.78 is 10.7. The average Bonchev–Trinajstić information content (AvgIpc) is 3.00. The number of carbonyl (C=O) groups is 2. The van der Waals surface area contributed by atoms with Crippen molar-refractivity contribution in [2.24, 2.45) is 5.92 Å². The second-order valence-corrected chi connectivity index (χ2v) is 9.34. The standard InChI is InChI=1S/C21H30N4O6/c1-12-8-14(23-20(27)31-21(3,4)5)11-24(10-12)19-15-6-7-17(30-13(2)26)18(15)22-9-16(19)25(28)29/h9,12,14,17H,6-8,10-11H2,1-5H3,(H,23,27)/t12-,14+,17?/m1/s1. The predicted molar refractivity (Wildman–Crippen MR) is 113 cm³/mol. The summed E-state index contributed by atoms with van der Waals surface area (Å²) >= 11 is 0. The number of anilines is 1. The van der Waals surface area contributed by atoms with Crippen molar-refractivity contribution in [1.29, 1.82) is 0 Å². The maximum atomic E-state index is 12.3. The van der Waals surface area contributed by atoms with Crippen molar-refractivity contribution in [2.45, 2.75) is 71.6 Å². The average molecular weight is 434 g/mol. The lowest BCUT2D eigenvalue weighted by Gasteiger charge is -2.38. The van der Waals surface area contributed by atoms with Gasteiger partial charge in [-0.15, -0.1) is 0 Å². The number of alkyl carbamates (subject to hydrolysis) is 1. The number of carbonyl (C=O) groups excluding carboxylic acids is 2. The lowest BCUT2D eigenvalue weighted by molar-refractivity contribution is -0.384. The maximum absolute atomic E-state index is 12.3. The number of hydrogen-bond donors (Lipinski definition) is 1. The molecule has 10 heteroatoms. The summed E-state index contributed by atoms with van der Waals surface area (Å²) in [5.41, 5.74) is 1.14. The highest BCUT2D eigenvalue weighted by atomic mass is 16.6. The first-order valence-corrected chi connectivity index (χ1v) is 10.5. The molecule has 2 heterocycles. The van der Waals surface area contributed by atoms with E-state index in [1.165, 1.54) is 13.1 Å². The van der Waals surface area contributed by atoms with Crippen molar-refractivity contribution in [2.75, 3.05) is 18.0 Å². The Morgan fingerprint density at radius 3 is 2.65 bits per heavy atom. The van der Waals surface area contributed by atoms with Crippen molar-refractivity contribution >= 4 is 23.4 Å². The van der Waals surface area contributed by atoms with Gasteiger partial charge in [0.05, 0.1) is 10.6 Å². The van der Waals surface area contributed by atoms with E-state index in [9.17, 15) is 19.7 Å². The molecule has 3 atom stereocenters. The van der Waals surface area contributed by atoms with Crippen molar-refractivity contribution in [3.63, 3.8) is 0 Å². The molecule has 1 aliphatic heterocycles. The highest BCUT2D eigenvalue weighted by Gasteiger charge is 2.37. The number of pyridine rings is 1. The maximum Gasteiger partial charge on any atom is 0.407 e. The summed E-state index contributed by atoms with van der Waals surface area (Å²) in [7, 11) is 0. The molecule has 0 spiro atoms. The van der Waals surface area contributed by atoms with Crippen LogP contribution in [0.5, 0.6) is 0 Å². The van der Waals surface area contributed by atoms with Crippen molar-refractivity contribution in [1.82, 2.24) is 10.3 Å². The zero-order valence-electron chi connectivity index (χ0n) is 18.6. The van der Waals surface area contributed by atoms with E-state index in [0.717, 1.165) is 12.0 Å². The molecule has 1 unspecified atom stereocenters. The van der Waals surface area contributed by atoms with E-state index in [1.54, 1.807) is 20.8 Å². The molecule has 31 heavy (non-hydrogen) atoms. The highest BCUT2D eigenvalue weighted by Crippen LogP contribution is 2.43. The highest BCUT2D eigenvalue weighted by molar-refractivity contribution is 5.72. The first-order valence-electron chi connectivity index (χ1n) is 10.5. The monoisotopic (exact) mass is 434 g/mol. The van der Waals surface area contributed by atoms with Crippen molar-refractivity contribution < 1.29 is 24.0 Å². The molecule has 0 aromatic carbocycles. The summed E-state index contributed by atoms with van der Waals surface area (Å²) in [5, 5.41) is 14.7. The number of rotatable bonds is 4. The zero-order valence-corrected chi connectivity index (χ0v) is 18.6. The van der Waals surface area contributed by atoms with Gasteiger partial charge < -0.3 is 19.7 Å². The van der Waals surface area contributed by atoms with E-state index in [1.807, 2.05) is 11.8 Å². The molecular weight excluding hydrogens is 404 g/mol. The number of fused-ring (bicyclic) bond motifs is 1. The smallest absolute Gasteiger partial charge is 0.407 e. The van der Waals surface area contributed by atoms with Gasteiger partial charge in [-0.2, -0.15) is 0 Å². The summed E-state index contributed by atoms with van der Waals surface area (Å²) in [6.07, 6.45) is 2.06. The van der Waals surface area contributed by atoms with E-state index in [2.05, 4.69) is 10.3 Å². The third-order valence-electron chi connectivity index (χ3n) is 5.33. The van der Waals surface area contributed by atoms with E-state index in [-0.39, 0.29) is 17.6 Å². The van der Waals surface area contributed by atoms with Crippen LogP contribution in [0.15, 0.2) is 6.20 Å². The molecule has 1 aromatic heterocycles. The molecule has 1 aromatic rings. The summed E-state index contributed by atoms with van der Waals surface area (Å²) in [6.45, 7) is 9.80. The third kappa shape index (κ3) is 5.42. The van der Waals surface area contributed by atoms with Gasteiger partial charge in [0.2, 0.25) is 0 Å². The van der Waals surface area contributed by atoms with Gasteiger partial charge in [0.25, 0.3) is 0 Å². The van der Waals surface area contributed by atoms with Crippen LogP contribution in [0.4, 0.5) is 16.2 Å². The Morgan fingerprint density at radius 1 is 1.32 bits per heavy atom. The normalized spacial score (nSPS) is 23.1. The number of esters is 1. The summed E-state index contributed by atoms with van der Waals surface area (Å²) in [4.78, 5) is 41.3. The summed E-state index contributed by atoms with van der Waals surface area (Å²) in [5.74, 6) is -0.212. The van der Waals surface area contributed by atoms with Crippen LogP contribution >= 0.6 is 0 Å². The number of aromatic nitrogens is 1. The van der Waals surface area contributed by atoms with Crippen LogP contribution in [0, 0.1) is 16.0 Å². The van der Waals surface area contributed by atoms with Crippen LogP contribution in [-0.2, 0) is 20.7 Å². The molecule has 1 N–H and O–H groups in total. The molecule has 170 valence electrons. The van der Waals surface area contributed by atoms with Crippen LogP contribution in [-0.4, -0.2) is 46.7 Å². The van der Waals surface area contributed by atoms with Crippen molar-refractivity contribution in [3.05, 3.63) is 27.6 Å². The van der Waals surface area contributed by atoms with Gasteiger partial charge in [0.1, 0.15) is 23.6 Å². The first-order chi connectivity index (χ1) is 14.4. The van der Waals surface area contributed by atoms with Gasteiger partial charge in [-0.1, -0.05) is 6.92 Å². The fraction of sp³-hybridized carbons (Fsp3) is 0.667. The van der Waals surface area contributed by atoms with E-state index < -0.39 is 28.7 Å².